The zero-order valence-corrected chi connectivity index (χ0v) is 20.7. The molecule has 1 aromatic rings. The van der Waals surface area contributed by atoms with Crippen LogP contribution in [0.25, 0.3) is 0 Å². The summed E-state index contributed by atoms with van der Waals surface area (Å²) in [7, 11) is 2.21. The molecule has 0 bridgehead atoms. The van der Waals surface area contributed by atoms with E-state index in [1.807, 2.05) is 0 Å². The van der Waals surface area contributed by atoms with Crippen molar-refractivity contribution in [3.63, 3.8) is 0 Å². The Morgan fingerprint density at radius 1 is 1.00 bits per heavy atom. The molecule has 2 heterocycles. The van der Waals surface area contributed by atoms with Gasteiger partial charge in [-0.25, -0.2) is 0 Å². The van der Waals surface area contributed by atoms with Crippen molar-refractivity contribution in [1.82, 2.24) is 20.0 Å². The predicted octanol–water partition coefficient (Wildman–Crippen LogP) is 2.28. The van der Waals surface area contributed by atoms with E-state index in [0.29, 0.717) is 5.92 Å². The quantitative estimate of drug-likeness (QED) is 0.358. The first-order valence-corrected chi connectivity index (χ1v) is 10.9. The van der Waals surface area contributed by atoms with Crippen molar-refractivity contribution in [2.24, 2.45) is 10.9 Å². The molecule has 1 unspecified atom stereocenters. The largest absolute Gasteiger partial charge is 0.368 e. The van der Waals surface area contributed by atoms with Gasteiger partial charge in [0.2, 0.25) is 0 Å². The molecule has 0 aromatic heterocycles. The Balaban J connectivity index is 0.00000300. The van der Waals surface area contributed by atoms with E-state index < -0.39 is 0 Å². The van der Waals surface area contributed by atoms with Gasteiger partial charge in [0, 0.05) is 77.7 Å². The summed E-state index contributed by atoms with van der Waals surface area (Å²) >= 11 is 0. The summed E-state index contributed by atoms with van der Waals surface area (Å²) in [5, 5.41) is 3.51. The van der Waals surface area contributed by atoms with Crippen LogP contribution in [0.3, 0.4) is 0 Å². The molecule has 29 heavy (non-hydrogen) atoms. The number of guanidine groups is 1. The van der Waals surface area contributed by atoms with E-state index in [1.54, 1.807) is 0 Å². The van der Waals surface area contributed by atoms with E-state index >= 15 is 0 Å². The number of aliphatic imine (C=N–C) groups is 1. The monoisotopic (exact) mass is 514 g/mol. The van der Waals surface area contributed by atoms with Gasteiger partial charge in [-0.2, -0.15) is 0 Å². The minimum atomic E-state index is 0. The van der Waals surface area contributed by atoms with Crippen LogP contribution < -0.4 is 10.2 Å². The molecular formula is C22H39IN6. The standard InChI is InChI=1S/C22H38N6.HI/c1-4-23-22(24-18-20(2)19-26-12-10-25(3)11-13-26)28-16-14-27(15-17-28)21-8-6-5-7-9-21;/h5-9,20H,4,10-19H2,1-3H3,(H,23,24);1H. The van der Waals surface area contributed by atoms with Crippen LogP contribution in [0.4, 0.5) is 5.69 Å². The second-order valence-electron chi connectivity index (χ2n) is 8.21. The van der Waals surface area contributed by atoms with Crippen molar-refractivity contribution in [3.8, 4) is 0 Å². The minimum absolute atomic E-state index is 0. The van der Waals surface area contributed by atoms with Crippen molar-refractivity contribution in [3.05, 3.63) is 30.3 Å². The second-order valence-corrected chi connectivity index (χ2v) is 8.21. The third-order valence-electron chi connectivity index (χ3n) is 5.75. The van der Waals surface area contributed by atoms with Crippen LogP contribution in [0.5, 0.6) is 0 Å². The van der Waals surface area contributed by atoms with Crippen LogP contribution in [-0.2, 0) is 0 Å². The molecule has 0 aliphatic carbocycles. The van der Waals surface area contributed by atoms with Gasteiger partial charge in [-0.05, 0) is 32.0 Å². The van der Waals surface area contributed by atoms with Gasteiger partial charge < -0.3 is 24.9 Å². The number of halogens is 1. The molecule has 6 nitrogen and oxygen atoms in total. The van der Waals surface area contributed by atoms with Crippen LogP contribution >= 0.6 is 24.0 Å². The molecule has 0 saturated carbocycles. The molecule has 7 heteroatoms. The summed E-state index contributed by atoms with van der Waals surface area (Å²) in [5.41, 5.74) is 1.32. The van der Waals surface area contributed by atoms with Crippen molar-refractivity contribution in [2.75, 3.05) is 83.9 Å². The summed E-state index contributed by atoms with van der Waals surface area (Å²) in [6.45, 7) is 16.3. The molecule has 2 fully saturated rings. The van der Waals surface area contributed by atoms with E-state index in [2.05, 4.69) is 76.1 Å². The highest BCUT2D eigenvalue weighted by atomic mass is 127. The first-order chi connectivity index (χ1) is 13.7. The molecule has 1 atom stereocenters. The van der Waals surface area contributed by atoms with Crippen LogP contribution in [0.1, 0.15) is 13.8 Å². The van der Waals surface area contributed by atoms with Gasteiger partial charge in [0.25, 0.3) is 0 Å². The molecular weight excluding hydrogens is 475 g/mol. The van der Waals surface area contributed by atoms with Crippen molar-refractivity contribution in [1.29, 1.82) is 0 Å². The fourth-order valence-electron chi connectivity index (χ4n) is 4.01. The molecule has 2 saturated heterocycles. The number of benzene rings is 1. The fraction of sp³-hybridized carbons (Fsp3) is 0.682. The number of hydrogen-bond donors (Lipinski definition) is 1. The Kier molecular flexibility index (Phi) is 10.5. The number of para-hydroxylation sites is 1. The van der Waals surface area contributed by atoms with Crippen molar-refractivity contribution < 1.29 is 0 Å². The molecule has 3 rings (SSSR count). The second kappa shape index (κ2) is 12.6. The molecule has 1 N–H and O–H groups in total. The van der Waals surface area contributed by atoms with Crippen LogP contribution in [0.2, 0.25) is 0 Å². The highest BCUT2D eigenvalue weighted by Crippen LogP contribution is 2.15. The lowest BCUT2D eigenvalue weighted by Crippen LogP contribution is -2.52. The molecule has 2 aliphatic heterocycles. The number of likely N-dealkylation sites (N-methyl/N-ethyl adjacent to an activating group) is 1. The van der Waals surface area contributed by atoms with Gasteiger partial charge in [-0.3, -0.25) is 4.99 Å². The van der Waals surface area contributed by atoms with E-state index in [0.717, 1.165) is 51.8 Å². The average molecular weight is 515 g/mol. The lowest BCUT2D eigenvalue weighted by atomic mass is 10.1. The van der Waals surface area contributed by atoms with E-state index in [1.165, 1.54) is 31.9 Å². The number of anilines is 1. The molecule has 0 radical (unpaired) electrons. The van der Waals surface area contributed by atoms with Gasteiger partial charge in [0.1, 0.15) is 0 Å². The number of hydrogen-bond acceptors (Lipinski definition) is 4. The third-order valence-corrected chi connectivity index (χ3v) is 5.75. The third kappa shape index (κ3) is 7.61. The van der Waals surface area contributed by atoms with Crippen molar-refractivity contribution >= 4 is 35.6 Å². The van der Waals surface area contributed by atoms with Crippen LogP contribution in [0, 0.1) is 5.92 Å². The predicted molar refractivity (Wildman–Crippen MR) is 135 cm³/mol. The maximum atomic E-state index is 4.99. The Morgan fingerprint density at radius 2 is 1.66 bits per heavy atom. The first kappa shape index (κ1) is 24.2. The fourth-order valence-corrected chi connectivity index (χ4v) is 4.01. The lowest BCUT2D eigenvalue weighted by Gasteiger charge is -2.38. The topological polar surface area (TPSA) is 37.4 Å². The molecule has 1 aromatic carbocycles. The molecule has 0 spiro atoms. The summed E-state index contributed by atoms with van der Waals surface area (Å²) in [5.74, 6) is 1.67. The Labute approximate surface area is 194 Å². The summed E-state index contributed by atoms with van der Waals surface area (Å²) in [6, 6.07) is 10.7. The smallest absolute Gasteiger partial charge is 0.194 e. The number of piperazine rings is 2. The highest BCUT2D eigenvalue weighted by molar-refractivity contribution is 14.0. The van der Waals surface area contributed by atoms with E-state index in [4.69, 9.17) is 4.99 Å². The highest BCUT2D eigenvalue weighted by Gasteiger charge is 2.20. The zero-order valence-electron chi connectivity index (χ0n) is 18.4. The van der Waals surface area contributed by atoms with Gasteiger partial charge in [0.15, 0.2) is 5.96 Å². The molecule has 0 amide bonds. The molecule has 164 valence electrons. The maximum absolute atomic E-state index is 4.99. The number of nitrogens with one attached hydrogen (secondary N) is 1. The van der Waals surface area contributed by atoms with E-state index in [-0.39, 0.29) is 24.0 Å². The van der Waals surface area contributed by atoms with Gasteiger partial charge in [0.05, 0.1) is 0 Å². The van der Waals surface area contributed by atoms with Gasteiger partial charge >= 0.3 is 0 Å². The number of nitrogens with zero attached hydrogens (tertiary/aromatic N) is 5. The van der Waals surface area contributed by atoms with Crippen LogP contribution in [-0.4, -0.2) is 99.7 Å². The average Bonchev–Trinajstić information content (AvgIpc) is 2.73. The van der Waals surface area contributed by atoms with Crippen LogP contribution in [0.15, 0.2) is 35.3 Å². The Hall–Kier alpha value is -1.06. The zero-order chi connectivity index (χ0) is 19.8. The number of rotatable bonds is 6. The maximum Gasteiger partial charge on any atom is 0.194 e. The summed E-state index contributed by atoms with van der Waals surface area (Å²) in [6.07, 6.45) is 0. The Bertz CT molecular complexity index is 595. The SMILES string of the molecule is CCNC(=NCC(C)CN1CCN(C)CC1)N1CCN(c2ccccc2)CC1.I. The normalized spacial score (nSPS) is 20.3. The van der Waals surface area contributed by atoms with Gasteiger partial charge in [-0.15, -0.1) is 24.0 Å². The van der Waals surface area contributed by atoms with E-state index in [9.17, 15) is 0 Å². The minimum Gasteiger partial charge on any atom is -0.368 e. The summed E-state index contributed by atoms with van der Waals surface area (Å²) in [4.78, 5) is 14.9. The first-order valence-electron chi connectivity index (χ1n) is 10.9. The Morgan fingerprint density at radius 3 is 2.28 bits per heavy atom. The van der Waals surface area contributed by atoms with Gasteiger partial charge in [-0.1, -0.05) is 25.1 Å². The lowest BCUT2D eigenvalue weighted by molar-refractivity contribution is 0.140. The summed E-state index contributed by atoms with van der Waals surface area (Å²) < 4.78 is 0. The van der Waals surface area contributed by atoms with Crippen molar-refractivity contribution in [2.45, 2.75) is 13.8 Å². The molecule has 2 aliphatic rings.